The highest BCUT2D eigenvalue weighted by atomic mass is 19.4. The van der Waals surface area contributed by atoms with Crippen LogP contribution in [0.4, 0.5) is 18.9 Å². The molecule has 1 unspecified atom stereocenters. The lowest BCUT2D eigenvalue weighted by molar-refractivity contribution is -0.249. The van der Waals surface area contributed by atoms with E-state index in [9.17, 15) is 25.4 Å². The first-order valence-electron chi connectivity index (χ1n) is 21.2. The number of allylic oxidation sites excluding steroid dienone is 8. The summed E-state index contributed by atoms with van der Waals surface area (Å²) in [7, 11) is 0. The fraction of sp³-hybridized carbons (Fsp3) is 0.196. The Morgan fingerprint density at radius 1 is 0.765 bits per heavy atom. The summed E-state index contributed by atoms with van der Waals surface area (Å²) in [6, 6.07) is 32.3. The molecule has 0 N–H and O–H groups in total. The van der Waals surface area contributed by atoms with E-state index in [0.717, 1.165) is 28.5 Å². The van der Waals surface area contributed by atoms with E-state index in [1.807, 2.05) is 47.4 Å². The van der Waals surface area contributed by atoms with Crippen LogP contribution in [0.25, 0.3) is 6.08 Å². The number of anilines is 1. The van der Waals surface area contributed by atoms with E-state index < -0.39 is 46.2 Å². The van der Waals surface area contributed by atoms with E-state index in [1.54, 1.807) is 78.9 Å². The second-order valence-electron chi connectivity index (χ2n) is 16.4. The van der Waals surface area contributed by atoms with Gasteiger partial charge in [0.25, 0.3) is 5.60 Å². The Morgan fingerprint density at radius 3 is 1.82 bits per heavy atom. The van der Waals surface area contributed by atoms with Crippen molar-refractivity contribution in [1.29, 1.82) is 15.8 Å². The van der Waals surface area contributed by atoms with Crippen molar-refractivity contribution < 1.29 is 37.0 Å². The third kappa shape index (κ3) is 11.4. The highest BCUT2D eigenvalue weighted by Crippen LogP contribution is 2.56. The number of hydrogen-bond donors (Lipinski definition) is 0. The molecular formula is C56H43F3N4O5. The number of esters is 2. The summed E-state index contributed by atoms with van der Waals surface area (Å²) in [4.78, 5) is 27.5. The molecule has 1 atom stereocenters. The molecule has 1 heterocycles. The molecule has 0 radical (unpaired) electrons. The number of alkyl halides is 3. The molecule has 12 heteroatoms. The van der Waals surface area contributed by atoms with Crippen LogP contribution < -0.4 is 4.90 Å². The van der Waals surface area contributed by atoms with Crippen LogP contribution in [0.1, 0.15) is 69.7 Å². The molecule has 0 spiro atoms. The number of nitrogens with zero attached hydrogens (tertiary/aromatic N) is 4. The van der Waals surface area contributed by atoms with Gasteiger partial charge in [0.2, 0.25) is 0 Å². The van der Waals surface area contributed by atoms with E-state index in [-0.39, 0.29) is 37.3 Å². The third-order valence-electron chi connectivity index (χ3n) is 11.1. The third-order valence-corrected chi connectivity index (χ3v) is 11.1. The molecule has 1 aliphatic heterocycles. The Bertz CT molecular complexity index is 2870. The highest BCUT2D eigenvalue weighted by molar-refractivity contribution is 5.90. The first-order chi connectivity index (χ1) is 32.6. The van der Waals surface area contributed by atoms with Crippen LogP contribution in [-0.4, -0.2) is 44.4 Å². The van der Waals surface area contributed by atoms with Crippen LogP contribution in [0.2, 0.25) is 0 Å². The largest absolute Gasteiger partial charge is 0.465 e. The summed E-state index contributed by atoms with van der Waals surface area (Å²) in [6.45, 7) is 4.81. The lowest BCUT2D eigenvalue weighted by Crippen LogP contribution is -2.43. The number of rotatable bonds is 14. The van der Waals surface area contributed by atoms with Crippen LogP contribution in [-0.2, 0) is 19.8 Å². The predicted octanol–water partition coefficient (Wildman–Crippen LogP) is 11.0. The minimum Gasteiger partial charge on any atom is -0.465 e. The molecule has 0 bridgehead atoms. The Balaban J connectivity index is 1.21. The molecule has 0 amide bonds. The number of benzene rings is 4. The van der Waals surface area contributed by atoms with Gasteiger partial charge in [-0.25, -0.2) is 9.59 Å². The maximum Gasteiger partial charge on any atom is 0.437 e. The quantitative estimate of drug-likeness (QED) is 0.0688. The zero-order chi connectivity index (χ0) is 48.9. The maximum absolute atomic E-state index is 15.3. The molecule has 2 aliphatic rings. The van der Waals surface area contributed by atoms with Gasteiger partial charge in [0.15, 0.2) is 11.3 Å². The average Bonchev–Trinajstić information content (AvgIpc) is 3.68. The Kier molecular flexibility index (Phi) is 15.4. The summed E-state index contributed by atoms with van der Waals surface area (Å²) in [5.41, 5.74) is -0.142. The molecule has 4 aromatic rings. The smallest absolute Gasteiger partial charge is 0.437 e. The number of terminal acetylenes is 2. The van der Waals surface area contributed by atoms with E-state index in [2.05, 4.69) is 25.7 Å². The van der Waals surface area contributed by atoms with Crippen LogP contribution in [0.3, 0.4) is 0 Å². The molecule has 0 saturated carbocycles. The molecule has 68 heavy (non-hydrogen) atoms. The van der Waals surface area contributed by atoms with Gasteiger partial charge in [-0.15, -0.1) is 12.8 Å². The summed E-state index contributed by atoms with van der Waals surface area (Å²) >= 11 is 0. The van der Waals surface area contributed by atoms with Gasteiger partial charge in [0, 0.05) is 28.0 Å². The van der Waals surface area contributed by atoms with E-state index in [4.69, 9.17) is 27.1 Å². The van der Waals surface area contributed by atoms with Crippen LogP contribution in [0.15, 0.2) is 167 Å². The Morgan fingerprint density at radius 2 is 1.32 bits per heavy atom. The van der Waals surface area contributed by atoms with Crippen molar-refractivity contribution in [2.45, 2.75) is 38.5 Å². The van der Waals surface area contributed by atoms with Crippen molar-refractivity contribution >= 4 is 23.7 Å². The monoisotopic (exact) mass is 908 g/mol. The number of carbonyl (C=O) groups is 2. The van der Waals surface area contributed by atoms with Gasteiger partial charge in [0.05, 0.1) is 24.2 Å². The van der Waals surface area contributed by atoms with E-state index in [0.29, 0.717) is 35.1 Å². The number of hydrogen-bond acceptors (Lipinski definition) is 9. The summed E-state index contributed by atoms with van der Waals surface area (Å²) < 4.78 is 62.4. The Labute approximate surface area is 393 Å². The van der Waals surface area contributed by atoms with Crippen molar-refractivity contribution in [1.82, 2.24) is 0 Å². The van der Waals surface area contributed by atoms with Crippen LogP contribution in [0.5, 0.6) is 0 Å². The van der Waals surface area contributed by atoms with Gasteiger partial charge in [-0.3, -0.25) is 0 Å². The second-order valence-corrected chi connectivity index (χ2v) is 16.4. The second kappa shape index (κ2) is 21.5. The minimum atomic E-state index is -5.10. The van der Waals surface area contributed by atoms with Gasteiger partial charge in [-0.1, -0.05) is 105 Å². The fourth-order valence-electron chi connectivity index (χ4n) is 7.86. The van der Waals surface area contributed by atoms with Crippen molar-refractivity contribution in [3.05, 3.63) is 201 Å². The SMILES string of the molecule is C#Cc1ccc(C(=O)OCCN(CCOC(=O)c2ccc(C#C)cc2)c2ccc(/C=C/C3=CC(=C/C=C/C4=C(C#N)C(=C(C#N)C#N)OC4(c4ccccc4)C(F)(F)F)/CC(C)(C)C3)cc2)cc1. The van der Waals surface area contributed by atoms with E-state index >= 15 is 13.2 Å². The first-order valence-corrected chi connectivity index (χ1v) is 21.2. The minimum absolute atomic E-state index is 0.0380. The molecule has 0 aromatic heterocycles. The van der Waals surface area contributed by atoms with Crippen molar-refractivity contribution in [3.63, 3.8) is 0 Å². The fourth-order valence-corrected chi connectivity index (χ4v) is 7.86. The van der Waals surface area contributed by atoms with Gasteiger partial charge in [-0.2, -0.15) is 29.0 Å². The van der Waals surface area contributed by atoms with Crippen LogP contribution in [0, 0.1) is 64.1 Å². The first kappa shape index (κ1) is 48.7. The highest BCUT2D eigenvalue weighted by Gasteiger charge is 2.65. The van der Waals surface area contributed by atoms with Gasteiger partial charge in [0.1, 0.15) is 37.0 Å². The molecule has 1 aliphatic carbocycles. The van der Waals surface area contributed by atoms with Gasteiger partial charge >= 0.3 is 18.1 Å². The number of nitriles is 3. The number of ether oxygens (including phenoxy) is 3. The molecular weight excluding hydrogens is 866 g/mol. The lowest BCUT2D eigenvalue weighted by Gasteiger charge is -2.33. The molecule has 0 saturated heterocycles. The molecule has 9 nitrogen and oxygen atoms in total. The summed E-state index contributed by atoms with van der Waals surface area (Å²) in [5, 5.41) is 29.3. The normalized spacial score (nSPS) is 17.0. The number of halogens is 3. The summed E-state index contributed by atoms with van der Waals surface area (Å²) in [6.07, 6.45) is 17.2. The predicted molar refractivity (Wildman–Crippen MR) is 251 cm³/mol. The van der Waals surface area contributed by atoms with Gasteiger partial charge < -0.3 is 19.1 Å². The topological polar surface area (TPSA) is 136 Å². The van der Waals surface area contributed by atoms with Crippen LogP contribution >= 0.6 is 0 Å². The zero-order valence-electron chi connectivity index (χ0n) is 37.1. The van der Waals surface area contributed by atoms with Gasteiger partial charge in [-0.05, 0) is 95.6 Å². The molecule has 0 fully saturated rings. The number of carbonyl (C=O) groups excluding carboxylic acids is 2. The van der Waals surface area contributed by atoms with Crippen molar-refractivity contribution in [2.75, 3.05) is 31.2 Å². The molecule has 338 valence electrons. The molecule has 6 rings (SSSR count). The standard InChI is InChI=1S/C56H43F3N4O5/c1-5-39-17-23-44(24-18-39)52(64)66-31-29-63(30-32-67-53(65)45-25-19-40(6-2)20-26-45)48-27-21-41(22-28-48)15-16-43-33-42(34-54(3,4)35-43)11-10-14-50-49(38-62)51(46(36-60)37-61)68-55(50,56(57,58)59)47-12-8-7-9-13-47/h1-2,7-28,33H,29-32,34-35H2,3-4H3/b14-10+,16-15+,42-11-. The average molecular weight is 909 g/mol. The Hall–Kier alpha value is -8.76. The zero-order valence-corrected chi connectivity index (χ0v) is 37.1. The van der Waals surface area contributed by atoms with Crippen molar-refractivity contribution in [3.8, 4) is 42.9 Å². The summed E-state index contributed by atoms with van der Waals surface area (Å²) in [5.74, 6) is 3.27. The molecule has 4 aromatic carbocycles. The lowest BCUT2D eigenvalue weighted by atomic mass is 9.75. The van der Waals surface area contributed by atoms with Crippen molar-refractivity contribution in [2.24, 2.45) is 5.41 Å². The van der Waals surface area contributed by atoms with E-state index in [1.165, 1.54) is 30.3 Å². The maximum atomic E-state index is 15.3.